The number of aliphatic hydroxyl groups excluding tert-OH is 1. The van der Waals surface area contributed by atoms with Crippen molar-refractivity contribution >= 4 is 53.0 Å². The molecular formula is C36H45ClN6O12. The van der Waals surface area contributed by atoms with Gasteiger partial charge in [0.05, 0.1) is 16.7 Å². The van der Waals surface area contributed by atoms with Crippen LogP contribution in [0, 0.1) is 0 Å². The van der Waals surface area contributed by atoms with Crippen LogP contribution in [0.15, 0.2) is 59.5 Å². The lowest BCUT2D eigenvalue weighted by Gasteiger charge is -2.37. The van der Waals surface area contributed by atoms with Crippen molar-refractivity contribution in [1.82, 2.24) is 31.1 Å². The van der Waals surface area contributed by atoms with Crippen molar-refractivity contribution in [2.24, 2.45) is 0 Å². The highest BCUT2D eigenvalue weighted by Gasteiger charge is 2.45. The Bertz CT molecular complexity index is 1870. The van der Waals surface area contributed by atoms with Crippen LogP contribution < -0.4 is 21.3 Å². The number of carbonyl (C=O) groups excluding carboxylic acids is 6. The third kappa shape index (κ3) is 9.69. The number of aromatic hydroxyl groups is 2. The van der Waals surface area contributed by atoms with Crippen LogP contribution >= 0.6 is 11.6 Å². The lowest BCUT2D eigenvalue weighted by Crippen LogP contribution is -2.64. The highest BCUT2D eigenvalue weighted by atomic mass is 35.5. The summed E-state index contributed by atoms with van der Waals surface area (Å²) < 4.78 is 0. The number of likely N-dealkylation sites (N-methyl/N-ethyl adjacent to an activating group) is 1. The summed E-state index contributed by atoms with van der Waals surface area (Å²) in [5.74, 6) is -10.0. The number of benzene rings is 1. The maximum absolute atomic E-state index is 14.2. The molecule has 2 aliphatic rings. The number of phenols is 2. The minimum absolute atomic E-state index is 0.0282. The van der Waals surface area contributed by atoms with Gasteiger partial charge in [0.25, 0.3) is 17.7 Å². The Labute approximate surface area is 321 Å². The first-order chi connectivity index (χ1) is 25.6. The highest BCUT2D eigenvalue weighted by Crippen LogP contribution is 2.37. The van der Waals surface area contributed by atoms with E-state index < -0.39 is 105 Å². The number of rotatable bonds is 7. The first kappa shape index (κ1) is 43.7. The van der Waals surface area contributed by atoms with E-state index in [2.05, 4.69) is 27.8 Å². The van der Waals surface area contributed by atoms with Crippen molar-refractivity contribution in [3.63, 3.8) is 0 Å². The van der Waals surface area contributed by atoms with E-state index in [4.69, 9.17) is 11.6 Å². The molecule has 0 spiro atoms. The van der Waals surface area contributed by atoms with E-state index in [1.165, 1.54) is 39.8 Å². The van der Waals surface area contributed by atoms with Crippen LogP contribution in [0.4, 0.5) is 0 Å². The number of carboxylic acids is 1. The molecule has 0 radical (unpaired) electrons. The number of aliphatic carboxylic acids is 1. The molecule has 0 saturated carbocycles. The van der Waals surface area contributed by atoms with Crippen molar-refractivity contribution in [1.29, 1.82) is 0 Å². The molecule has 0 aromatic heterocycles. The quantitative estimate of drug-likeness (QED) is 0.100. The molecule has 1 aromatic rings. The van der Waals surface area contributed by atoms with Gasteiger partial charge in [-0.1, -0.05) is 44.2 Å². The largest absolute Gasteiger partial charge is 0.504 e. The van der Waals surface area contributed by atoms with Gasteiger partial charge >= 0.3 is 5.97 Å². The smallest absolute Gasteiger partial charge is 0.330 e. The molecule has 298 valence electrons. The number of halogens is 1. The second kappa shape index (κ2) is 17.6. The Balaban J connectivity index is 2.32. The minimum atomic E-state index is -2.13. The number of hydrogen-bond donors (Lipinski definition) is 9. The van der Waals surface area contributed by atoms with Gasteiger partial charge in [-0.05, 0) is 62.5 Å². The summed E-state index contributed by atoms with van der Waals surface area (Å²) in [4.78, 5) is 97.3. The van der Waals surface area contributed by atoms with Crippen molar-refractivity contribution < 1.29 is 59.1 Å². The molecule has 2 aliphatic heterocycles. The van der Waals surface area contributed by atoms with Gasteiger partial charge in [-0.2, -0.15) is 0 Å². The first-order valence-electron chi connectivity index (χ1n) is 17.0. The molecule has 19 heteroatoms. The summed E-state index contributed by atoms with van der Waals surface area (Å²) in [6.45, 7) is 10.9. The van der Waals surface area contributed by atoms with E-state index in [0.717, 1.165) is 24.1 Å². The molecule has 18 nitrogen and oxygen atoms in total. The minimum Gasteiger partial charge on any atom is -0.504 e. The third-order valence-corrected chi connectivity index (χ3v) is 9.60. The topological polar surface area (TPSA) is 275 Å². The number of carbonyl (C=O) groups is 7. The second-order valence-corrected chi connectivity index (χ2v) is 13.7. The molecule has 1 fully saturated rings. The van der Waals surface area contributed by atoms with Gasteiger partial charge < -0.3 is 56.6 Å². The van der Waals surface area contributed by atoms with E-state index in [1.54, 1.807) is 6.92 Å². The molecule has 1 aromatic carbocycles. The number of aliphatic hydroxyl groups is 2. The molecule has 6 unspecified atom stereocenters. The maximum atomic E-state index is 14.2. The zero-order chi connectivity index (χ0) is 41.7. The van der Waals surface area contributed by atoms with Crippen molar-refractivity contribution in [3.05, 3.63) is 70.1 Å². The van der Waals surface area contributed by atoms with Gasteiger partial charge in [-0.3, -0.25) is 28.8 Å². The molecule has 55 heavy (non-hydrogen) atoms. The van der Waals surface area contributed by atoms with Gasteiger partial charge in [0, 0.05) is 13.6 Å². The van der Waals surface area contributed by atoms with Gasteiger partial charge in [-0.25, -0.2) is 4.79 Å². The highest BCUT2D eigenvalue weighted by molar-refractivity contribution is 6.32. The summed E-state index contributed by atoms with van der Waals surface area (Å²) in [7, 11) is 0.956. The summed E-state index contributed by atoms with van der Waals surface area (Å²) in [6.07, 6.45) is 1.11. The third-order valence-electron chi connectivity index (χ3n) is 9.31. The van der Waals surface area contributed by atoms with Crippen molar-refractivity contribution in [3.8, 4) is 11.5 Å². The number of amides is 6. The summed E-state index contributed by atoms with van der Waals surface area (Å²) >= 11 is 6.01. The van der Waals surface area contributed by atoms with Crippen LogP contribution in [0.2, 0.25) is 5.02 Å². The maximum Gasteiger partial charge on any atom is 0.330 e. The molecule has 0 aliphatic carbocycles. The number of hydrogen-bond acceptors (Lipinski definition) is 11. The molecule has 2 heterocycles. The Morgan fingerprint density at radius 1 is 1.05 bits per heavy atom. The molecule has 9 N–H and O–H groups in total. The second-order valence-electron chi connectivity index (χ2n) is 13.3. The Hall–Kier alpha value is -5.72. The standard InChI is InChI=1S/C36H45ClN6O12/c1-8-17(5)25-32(51)38-20(15-23(45)46)34(53)42(7)26(27(47)18-13-19(37)28(48)22(44)14-18)33(52)39-24(16(3)4)31(50)41-29(36(6,55)9-2)35(54)43-12-10-11-21(43)30(49)40-25/h10-11,13-15,21,24,26-27,29,44,47-48,55H,3,8-9,12H2,1-2,4-7H3,(H,38,51)(H,39,52)(H,40,49)(H,41,50)(H,45,46)/b20-15+,25-17-. The lowest BCUT2D eigenvalue weighted by molar-refractivity contribution is -0.147. The number of carboxylic acid groups (broad SMARTS) is 1. The zero-order valence-corrected chi connectivity index (χ0v) is 31.7. The fraction of sp³-hybridized carbons (Fsp3) is 0.417. The van der Waals surface area contributed by atoms with Crippen LogP contribution in [0.3, 0.4) is 0 Å². The van der Waals surface area contributed by atoms with Crippen molar-refractivity contribution in [2.75, 3.05) is 13.6 Å². The zero-order valence-electron chi connectivity index (χ0n) is 31.0. The van der Waals surface area contributed by atoms with E-state index in [9.17, 15) is 59.1 Å². The number of nitrogens with zero attached hydrogens (tertiary/aromatic N) is 2. The molecule has 3 rings (SSSR count). The van der Waals surface area contributed by atoms with Gasteiger partial charge in [0.15, 0.2) is 11.5 Å². The number of nitrogens with one attached hydrogen (secondary N) is 4. The Kier molecular flexibility index (Phi) is 14.0. The van der Waals surface area contributed by atoms with Crippen LogP contribution in [0.25, 0.3) is 0 Å². The van der Waals surface area contributed by atoms with Gasteiger partial charge in [0.1, 0.15) is 41.7 Å². The first-order valence-corrected chi connectivity index (χ1v) is 17.3. The number of phenolic OH excluding ortho intramolecular Hbond substituents is 2. The predicted molar refractivity (Wildman–Crippen MR) is 196 cm³/mol. The Morgan fingerprint density at radius 2 is 1.69 bits per heavy atom. The average Bonchev–Trinajstić information content (AvgIpc) is 3.62. The molecule has 0 bridgehead atoms. The molecule has 6 atom stereocenters. The van der Waals surface area contributed by atoms with E-state index in [-0.39, 0.29) is 36.1 Å². The SMILES string of the molecule is C=C(C)C1NC(=O)C(C(O)c2cc(O)c(O)c(Cl)c2)N(C)C(=O)/C(=C\C(=O)O)NC(=O)/C(=C(\C)CC)NC(=O)C2C=CCN2C(=O)C(C(C)(O)CC)NC1=O. The summed E-state index contributed by atoms with van der Waals surface area (Å²) in [5, 5.41) is 61.8. The van der Waals surface area contributed by atoms with E-state index in [0.29, 0.717) is 11.0 Å². The van der Waals surface area contributed by atoms with Crippen molar-refractivity contribution in [2.45, 2.75) is 83.3 Å². The normalized spacial score (nSPS) is 25.1. The number of fused-ring (bicyclic) bond motifs is 1. The fourth-order valence-corrected chi connectivity index (χ4v) is 5.91. The van der Waals surface area contributed by atoms with Crippen LogP contribution in [-0.4, -0.2) is 120 Å². The average molecular weight is 789 g/mol. The monoisotopic (exact) mass is 788 g/mol. The summed E-state index contributed by atoms with van der Waals surface area (Å²) in [6, 6.07) is -5.11. The summed E-state index contributed by atoms with van der Waals surface area (Å²) in [5.41, 5.74) is -3.38. The molecular weight excluding hydrogens is 744 g/mol. The van der Waals surface area contributed by atoms with Gasteiger partial charge in [-0.15, -0.1) is 0 Å². The molecule has 6 amide bonds. The van der Waals surface area contributed by atoms with E-state index in [1.807, 2.05) is 0 Å². The number of allylic oxidation sites excluding steroid dienone is 1. The lowest BCUT2D eigenvalue weighted by atomic mass is 9.91. The van der Waals surface area contributed by atoms with Crippen LogP contribution in [-0.2, 0) is 33.6 Å². The van der Waals surface area contributed by atoms with E-state index >= 15 is 0 Å². The fourth-order valence-electron chi connectivity index (χ4n) is 5.69. The van der Waals surface area contributed by atoms with Gasteiger partial charge in [0.2, 0.25) is 17.7 Å². The Morgan fingerprint density at radius 3 is 2.24 bits per heavy atom. The van der Waals surface area contributed by atoms with Crippen LogP contribution in [0.1, 0.15) is 59.1 Å². The predicted octanol–water partition coefficient (Wildman–Crippen LogP) is -0.0162. The molecule has 1 saturated heterocycles. The van der Waals surface area contributed by atoms with Crippen LogP contribution in [0.5, 0.6) is 11.5 Å².